The van der Waals surface area contributed by atoms with E-state index in [-0.39, 0.29) is 6.23 Å². The Balaban J connectivity index is 1.89. The number of ether oxygens (including phenoxy) is 2. The monoisotopic (exact) mass is 528 g/mol. The molecule has 6 nitrogen and oxygen atoms in total. The van der Waals surface area contributed by atoms with Crippen LogP contribution in [0.2, 0.25) is 0 Å². The van der Waals surface area contributed by atoms with Crippen LogP contribution >= 0.6 is 23.3 Å². The number of hydrogen-bond donors (Lipinski definition) is 0. The Morgan fingerprint density at radius 3 is 2.29 bits per heavy atom. The summed E-state index contributed by atoms with van der Waals surface area (Å²) in [4.78, 5) is 11.7. The van der Waals surface area contributed by atoms with Crippen LogP contribution in [-0.4, -0.2) is 51.6 Å². The zero-order valence-corrected chi connectivity index (χ0v) is 23.8. The van der Waals surface area contributed by atoms with Gasteiger partial charge in [0, 0.05) is 30.0 Å². The number of hydrogen-bond acceptors (Lipinski definition) is 6. The van der Waals surface area contributed by atoms with Crippen LogP contribution in [0.1, 0.15) is 116 Å². The molecule has 35 heavy (non-hydrogen) atoms. The van der Waals surface area contributed by atoms with Crippen molar-refractivity contribution >= 4 is 34.3 Å². The fraction of sp³-hybridized carbons (Fsp3) is 0.815. The highest BCUT2D eigenvalue weighted by Crippen LogP contribution is 2.33. The summed E-state index contributed by atoms with van der Waals surface area (Å²) in [6.45, 7) is 6.76. The van der Waals surface area contributed by atoms with Crippen LogP contribution in [0, 0.1) is 0 Å². The Kier molecular flexibility index (Phi) is 14.9. The maximum Gasteiger partial charge on any atom is 0.408 e. The van der Waals surface area contributed by atoms with Gasteiger partial charge in [0.25, 0.3) is 5.88 Å². The Bertz CT molecular complexity index is 758. The van der Waals surface area contributed by atoms with Crippen LogP contribution in [0.15, 0.2) is 6.08 Å². The molecule has 8 heteroatoms. The van der Waals surface area contributed by atoms with Crippen LogP contribution in [0.5, 0.6) is 5.88 Å². The molecule has 1 aliphatic heterocycles. The van der Waals surface area contributed by atoms with E-state index in [1.54, 1.807) is 0 Å². The van der Waals surface area contributed by atoms with Gasteiger partial charge < -0.3 is 9.47 Å². The maximum absolute atomic E-state index is 11.7. The van der Waals surface area contributed by atoms with Gasteiger partial charge in [0.1, 0.15) is 12.2 Å². The summed E-state index contributed by atoms with van der Waals surface area (Å²) < 4.78 is 21.2. The van der Waals surface area contributed by atoms with Crippen LogP contribution in [0.4, 0.5) is 4.79 Å². The third kappa shape index (κ3) is 11.2. The summed E-state index contributed by atoms with van der Waals surface area (Å²) in [5, 5.41) is 0. The summed E-state index contributed by atoms with van der Waals surface area (Å²) >= 11 is 6.90. The molecule has 1 aromatic rings. The lowest BCUT2D eigenvalue weighted by Gasteiger charge is -2.42. The van der Waals surface area contributed by atoms with Gasteiger partial charge in [-0.2, -0.15) is 4.37 Å². The van der Waals surface area contributed by atoms with Crippen molar-refractivity contribution in [2.45, 2.75) is 116 Å². The second-order valence-corrected chi connectivity index (χ2v) is 11.0. The molecule has 0 bridgehead atoms. The summed E-state index contributed by atoms with van der Waals surface area (Å²) in [6.07, 6.45) is 19.8. The molecular formula is C27H47ClN3O3S+. The first kappa shape index (κ1) is 30.0. The van der Waals surface area contributed by atoms with Crippen molar-refractivity contribution in [3.8, 4) is 5.88 Å². The Labute approximate surface area is 222 Å². The van der Waals surface area contributed by atoms with Gasteiger partial charge in [-0.3, -0.25) is 4.48 Å². The number of quaternary nitrogens is 1. The molecule has 2 rings (SSSR count). The molecular weight excluding hydrogens is 482 g/mol. The van der Waals surface area contributed by atoms with Gasteiger partial charge in [0.05, 0.1) is 31.9 Å². The van der Waals surface area contributed by atoms with E-state index in [1.165, 1.54) is 82.4 Å². The lowest BCUT2D eigenvalue weighted by molar-refractivity contribution is -0.946. The molecule has 0 radical (unpaired) electrons. The minimum absolute atomic E-state index is 0.252. The second kappa shape index (κ2) is 17.3. The summed E-state index contributed by atoms with van der Waals surface area (Å²) in [5.74, 6) is 0.635. The first-order chi connectivity index (χ1) is 17.0. The van der Waals surface area contributed by atoms with Gasteiger partial charge in [-0.15, -0.1) is 4.37 Å². The number of carbonyl (C=O) groups is 1. The van der Waals surface area contributed by atoms with Crippen molar-refractivity contribution in [1.29, 1.82) is 0 Å². The minimum Gasteiger partial charge on any atom is -0.475 e. The molecule has 0 saturated heterocycles. The molecule has 200 valence electrons. The number of unbranched alkanes of at least 4 members (excludes halogenated alkanes) is 11. The van der Waals surface area contributed by atoms with Crippen LogP contribution in [-0.2, 0) is 4.74 Å². The van der Waals surface area contributed by atoms with Crippen LogP contribution in [0.25, 0.3) is 5.57 Å². The zero-order valence-electron chi connectivity index (χ0n) is 22.2. The van der Waals surface area contributed by atoms with Gasteiger partial charge >= 0.3 is 5.43 Å². The van der Waals surface area contributed by atoms with Crippen molar-refractivity contribution in [2.24, 2.45) is 0 Å². The van der Waals surface area contributed by atoms with Crippen LogP contribution in [0.3, 0.4) is 0 Å². The highest BCUT2D eigenvalue weighted by atomic mass is 35.5. The predicted molar refractivity (Wildman–Crippen MR) is 146 cm³/mol. The van der Waals surface area contributed by atoms with E-state index in [4.69, 9.17) is 21.1 Å². The fourth-order valence-electron chi connectivity index (χ4n) is 4.89. The largest absolute Gasteiger partial charge is 0.475 e. The smallest absolute Gasteiger partial charge is 0.408 e. The molecule has 0 fully saturated rings. The summed E-state index contributed by atoms with van der Waals surface area (Å²) in [5.41, 5.74) is 1.25. The minimum atomic E-state index is -0.715. The first-order valence-corrected chi connectivity index (χ1v) is 15.0. The third-order valence-corrected chi connectivity index (χ3v) is 7.64. The lowest BCUT2D eigenvalue weighted by atomic mass is 10.0. The molecule has 1 aromatic heterocycles. The van der Waals surface area contributed by atoms with Crippen molar-refractivity contribution in [3.63, 3.8) is 0 Å². The molecule has 1 aliphatic rings. The van der Waals surface area contributed by atoms with Gasteiger partial charge in [-0.25, -0.2) is 4.79 Å². The predicted octanol–water partition coefficient (Wildman–Crippen LogP) is 8.35. The van der Waals surface area contributed by atoms with Crippen LogP contribution < -0.4 is 4.74 Å². The molecule has 0 aromatic carbocycles. The van der Waals surface area contributed by atoms with E-state index in [2.05, 4.69) is 35.7 Å². The van der Waals surface area contributed by atoms with Crippen molar-refractivity contribution in [3.05, 3.63) is 11.8 Å². The van der Waals surface area contributed by atoms with E-state index in [9.17, 15) is 4.79 Å². The van der Waals surface area contributed by atoms with Crippen molar-refractivity contribution in [1.82, 2.24) is 8.75 Å². The van der Waals surface area contributed by atoms with Gasteiger partial charge in [0.15, 0.2) is 0 Å². The second-order valence-electron chi connectivity index (χ2n) is 10.1. The van der Waals surface area contributed by atoms with Gasteiger partial charge in [-0.1, -0.05) is 90.6 Å². The SMILES string of the molecule is CCCCCCCCCCCC(OC(=O)Cl)[N+]1(C)CCC=C(c2nsnc2OCCCCCC)C1. The van der Waals surface area contributed by atoms with E-state index in [1.807, 2.05) is 0 Å². The lowest BCUT2D eigenvalue weighted by Crippen LogP contribution is -2.56. The molecule has 0 spiro atoms. The Hall–Kier alpha value is -1.18. The molecule has 0 N–H and O–H groups in total. The number of carbonyl (C=O) groups excluding carboxylic acids is 1. The topological polar surface area (TPSA) is 61.3 Å². The first-order valence-electron chi connectivity index (χ1n) is 13.8. The maximum atomic E-state index is 11.7. The third-order valence-electron chi connectivity index (χ3n) is 7.04. The quantitative estimate of drug-likeness (QED) is 0.102. The van der Waals surface area contributed by atoms with Crippen molar-refractivity contribution in [2.75, 3.05) is 26.7 Å². The van der Waals surface area contributed by atoms with Gasteiger partial charge in [-0.05, 0) is 12.8 Å². The molecule has 2 atom stereocenters. The molecule has 0 saturated carbocycles. The number of likely N-dealkylation sites (N-methyl/N-ethyl adjacent to an activating group) is 1. The normalized spacial score (nSPS) is 18.8. The number of halogens is 1. The van der Waals surface area contributed by atoms with E-state index in [0.717, 1.165) is 50.0 Å². The molecule has 0 aliphatic carbocycles. The fourth-order valence-corrected chi connectivity index (χ4v) is 5.52. The molecule has 2 heterocycles. The molecule has 2 unspecified atom stereocenters. The molecule has 0 amide bonds. The van der Waals surface area contributed by atoms with Gasteiger partial charge in [0.2, 0.25) is 6.23 Å². The number of nitrogens with zero attached hydrogens (tertiary/aromatic N) is 3. The summed E-state index contributed by atoms with van der Waals surface area (Å²) in [6, 6.07) is 0. The Morgan fingerprint density at radius 1 is 1.00 bits per heavy atom. The Morgan fingerprint density at radius 2 is 1.63 bits per heavy atom. The highest BCUT2D eigenvalue weighted by Gasteiger charge is 2.39. The van der Waals surface area contributed by atoms with E-state index >= 15 is 0 Å². The number of rotatable bonds is 19. The van der Waals surface area contributed by atoms with E-state index < -0.39 is 5.43 Å². The van der Waals surface area contributed by atoms with Crippen molar-refractivity contribution < 1.29 is 18.8 Å². The standard InChI is InChI=1S/C27H47ClN3O3S/c1-4-6-8-10-11-12-13-14-15-19-24(34-27(28)32)31(3)20-17-18-23(22-31)25-26(30-35-29-25)33-21-16-9-7-5-2/h18,24H,4-17,19-22H2,1-3H3/q+1. The average molecular weight is 529 g/mol. The zero-order chi connectivity index (χ0) is 25.4. The summed E-state index contributed by atoms with van der Waals surface area (Å²) in [7, 11) is 2.16. The number of aromatic nitrogens is 2. The average Bonchev–Trinajstić information content (AvgIpc) is 3.30. The highest BCUT2D eigenvalue weighted by molar-refractivity contribution is 6.99. The van der Waals surface area contributed by atoms with E-state index in [0.29, 0.717) is 17.0 Å².